The van der Waals surface area contributed by atoms with E-state index in [1.807, 2.05) is 13.8 Å². The van der Waals surface area contributed by atoms with E-state index in [0.717, 1.165) is 63.4 Å². The zero-order valence-electron chi connectivity index (χ0n) is 16.7. The number of hydrogen-bond acceptors (Lipinski definition) is 5. The van der Waals surface area contributed by atoms with Gasteiger partial charge in [-0.3, -0.25) is 9.79 Å². The molecule has 0 amide bonds. The summed E-state index contributed by atoms with van der Waals surface area (Å²) in [6, 6.07) is 0. The first-order valence-electron chi connectivity index (χ1n) is 9.75. The highest BCUT2D eigenvalue weighted by atomic mass is 127. The fourth-order valence-electron chi connectivity index (χ4n) is 3.14. The lowest BCUT2D eigenvalue weighted by Gasteiger charge is -2.34. The standard InChI is InChI=1S/C19H32N4O2S.HI/c1-4-20-19(21-11-7-6-10-17-22-15(3)14-26-17)23-12-8-9-16(13-23)18(24)25-5-2;/h14,16H,4-13H2,1-3H3,(H,20,21);1H. The van der Waals surface area contributed by atoms with E-state index >= 15 is 0 Å². The number of aliphatic imine (C=N–C) groups is 1. The van der Waals surface area contributed by atoms with Gasteiger partial charge in [0.05, 0.1) is 17.5 Å². The summed E-state index contributed by atoms with van der Waals surface area (Å²) in [5.41, 5.74) is 1.11. The number of guanidine groups is 1. The molecule has 1 fully saturated rings. The van der Waals surface area contributed by atoms with Crippen LogP contribution in [0.3, 0.4) is 0 Å². The number of thiazole rings is 1. The van der Waals surface area contributed by atoms with Crippen LogP contribution in [0.1, 0.15) is 50.2 Å². The van der Waals surface area contributed by atoms with Gasteiger partial charge in [0.25, 0.3) is 0 Å². The molecule has 1 N–H and O–H groups in total. The molecular weight excluding hydrogens is 475 g/mol. The smallest absolute Gasteiger partial charge is 0.310 e. The number of hydrogen-bond donors (Lipinski definition) is 1. The number of unbranched alkanes of at least 4 members (excludes halogenated alkanes) is 1. The van der Waals surface area contributed by atoms with Gasteiger partial charge in [-0.15, -0.1) is 35.3 Å². The second-order valence-corrected chi connectivity index (χ2v) is 7.56. The maximum atomic E-state index is 12.0. The number of aromatic nitrogens is 1. The van der Waals surface area contributed by atoms with Crippen molar-refractivity contribution in [2.45, 2.75) is 52.9 Å². The topological polar surface area (TPSA) is 66.8 Å². The molecule has 154 valence electrons. The number of nitrogens with one attached hydrogen (secondary N) is 1. The minimum Gasteiger partial charge on any atom is -0.466 e. The molecule has 8 heteroatoms. The Kier molecular flexibility index (Phi) is 11.9. The molecule has 1 unspecified atom stereocenters. The molecule has 1 aliphatic heterocycles. The minimum atomic E-state index is -0.0770. The van der Waals surface area contributed by atoms with Gasteiger partial charge in [-0.2, -0.15) is 0 Å². The number of carbonyl (C=O) groups excluding carboxylic acids is 1. The first-order valence-corrected chi connectivity index (χ1v) is 10.6. The van der Waals surface area contributed by atoms with Crippen LogP contribution in [-0.4, -0.2) is 54.6 Å². The van der Waals surface area contributed by atoms with E-state index in [-0.39, 0.29) is 35.9 Å². The van der Waals surface area contributed by atoms with E-state index in [2.05, 4.69) is 27.5 Å². The summed E-state index contributed by atoms with van der Waals surface area (Å²) in [4.78, 5) is 23.5. The Morgan fingerprint density at radius 2 is 2.26 bits per heavy atom. The van der Waals surface area contributed by atoms with Crippen LogP contribution in [0.4, 0.5) is 0 Å². The molecule has 0 aromatic carbocycles. The van der Waals surface area contributed by atoms with Crippen molar-refractivity contribution in [3.63, 3.8) is 0 Å². The number of likely N-dealkylation sites (tertiary alicyclic amines) is 1. The maximum Gasteiger partial charge on any atom is 0.310 e. The van der Waals surface area contributed by atoms with E-state index < -0.39 is 0 Å². The molecule has 1 atom stereocenters. The molecule has 6 nitrogen and oxygen atoms in total. The Hall–Kier alpha value is -0.900. The maximum absolute atomic E-state index is 12.0. The van der Waals surface area contributed by atoms with Crippen LogP contribution in [0, 0.1) is 12.8 Å². The normalized spacial score (nSPS) is 17.4. The van der Waals surface area contributed by atoms with E-state index in [1.54, 1.807) is 11.3 Å². The van der Waals surface area contributed by atoms with E-state index in [4.69, 9.17) is 9.73 Å². The summed E-state index contributed by atoms with van der Waals surface area (Å²) in [7, 11) is 0. The highest BCUT2D eigenvalue weighted by Gasteiger charge is 2.28. The molecule has 1 aliphatic rings. The summed E-state index contributed by atoms with van der Waals surface area (Å²) in [5.74, 6) is 0.805. The Balaban J connectivity index is 0.00000364. The first kappa shape index (κ1) is 24.1. The lowest BCUT2D eigenvalue weighted by molar-refractivity contribution is -0.149. The molecule has 1 saturated heterocycles. The highest BCUT2D eigenvalue weighted by molar-refractivity contribution is 14.0. The average Bonchev–Trinajstić information content (AvgIpc) is 3.06. The number of rotatable bonds is 8. The Labute approximate surface area is 184 Å². The second kappa shape index (κ2) is 13.3. The number of piperidine rings is 1. The van der Waals surface area contributed by atoms with Gasteiger partial charge in [0, 0.05) is 37.3 Å². The van der Waals surface area contributed by atoms with Crippen molar-refractivity contribution >= 4 is 47.2 Å². The molecule has 0 radical (unpaired) electrons. The predicted octanol–water partition coefficient (Wildman–Crippen LogP) is 3.63. The molecule has 1 aromatic rings. The van der Waals surface area contributed by atoms with Crippen molar-refractivity contribution in [2.24, 2.45) is 10.9 Å². The summed E-state index contributed by atoms with van der Waals surface area (Å²) in [6.07, 6.45) is 5.07. The van der Waals surface area contributed by atoms with Gasteiger partial charge < -0.3 is 15.0 Å². The van der Waals surface area contributed by atoms with Crippen LogP contribution >= 0.6 is 35.3 Å². The van der Waals surface area contributed by atoms with Crippen molar-refractivity contribution in [3.8, 4) is 0 Å². The quantitative estimate of drug-likeness (QED) is 0.191. The van der Waals surface area contributed by atoms with Gasteiger partial charge in [0.15, 0.2) is 5.96 Å². The molecule has 0 bridgehead atoms. The number of aryl methyl sites for hydroxylation is 2. The van der Waals surface area contributed by atoms with Gasteiger partial charge in [-0.1, -0.05) is 0 Å². The van der Waals surface area contributed by atoms with Crippen LogP contribution in [0.5, 0.6) is 0 Å². The van der Waals surface area contributed by atoms with Crippen LogP contribution in [0.15, 0.2) is 10.4 Å². The molecule has 1 aromatic heterocycles. The summed E-state index contributed by atoms with van der Waals surface area (Å²) in [6.45, 7) is 9.69. The van der Waals surface area contributed by atoms with Crippen LogP contribution in [-0.2, 0) is 16.0 Å². The average molecular weight is 508 g/mol. The van der Waals surface area contributed by atoms with E-state index in [0.29, 0.717) is 13.2 Å². The minimum absolute atomic E-state index is 0. The fourth-order valence-corrected chi connectivity index (χ4v) is 3.96. The van der Waals surface area contributed by atoms with Gasteiger partial charge >= 0.3 is 5.97 Å². The SMILES string of the molecule is CCNC(=NCCCCc1nc(C)cs1)N1CCCC(C(=O)OCC)C1.I. The number of esters is 1. The predicted molar refractivity (Wildman–Crippen MR) is 122 cm³/mol. The van der Waals surface area contributed by atoms with Crippen molar-refractivity contribution in [3.05, 3.63) is 16.1 Å². The summed E-state index contributed by atoms with van der Waals surface area (Å²) < 4.78 is 5.20. The third kappa shape index (κ3) is 8.33. The second-order valence-electron chi connectivity index (χ2n) is 6.61. The Morgan fingerprint density at radius 3 is 2.93 bits per heavy atom. The molecule has 0 saturated carbocycles. The molecule has 0 aliphatic carbocycles. The molecule has 2 rings (SSSR count). The van der Waals surface area contributed by atoms with Crippen molar-refractivity contribution < 1.29 is 9.53 Å². The molecule has 2 heterocycles. The van der Waals surface area contributed by atoms with Crippen molar-refractivity contribution in [1.29, 1.82) is 0 Å². The lowest BCUT2D eigenvalue weighted by atomic mass is 9.98. The molecular formula is C19H33IN4O2S. The molecule has 0 spiro atoms. The largest absolute Gasteiger partial charge is 0.466 e. The molecule has 27 heavy (non-hydrogen) atoms. The number of nitrogens with zero attached hydrogens (tertiary/aromatic N) is 3. The first-order chi connectivity index (χ1) is 12.6. The van der Waals surface area contributed by atoms with Gasteiger partial charge in [0.1, 0.15) is 0 Å². The Morgan fingerprint density at radius 1 is 1.44 bits per heavy atom. The van der Waals surface area contributed by atoms with Crippen molar-refractivity contribution in [1.82, 2.24) is 15.2 Å². The number of ether oxygens (including phenoxy) is 1. The monoisotopic (exact) mass is 508 g/mol. The van der Waals surface area contributed by atoms with E-state index in [9.17, 15) is 4.79 Å². The number of carbonyl (C=O) groups is 1. The van der Waals surface area contributed by atoms with Crippen LogP contribution < -0.4 is 5.32 Å². The third-order valence-corrected chi connectivity index (χ3v) is 5.43. The summed E-state index contributed by atoms with van der Waals surface area (Å²) >= 11 is 1.74. The zero-order chi connectivity index (χ0) is 18.8. The third-order valence-electron chi connectivity index (χ3n) is 4.40. The van der Waals surface area contributed by atoms with Gasteiger partial charge in [-0.05, 0) is 52.9 Å². The zero-order valence-corrected chi connectivity index (χ0v) is 19.8. The number of halogens is 1. The van der Waals surface area contributed by atoms with Gasteiger partial charge in [-0.25, -0.2) is 4.98 Å². The van der Waals surface area contributed by atoms with Crippen LogP contribution in [0.2, 0.25) is 0 Å². The summed E-state index contributed by atoms with van der Waals surface area (Å²) in [5, 5.41) is 6.69. The van der Waals surface area contributed by atoms with E-state index in [1.165, 1.54) is 5.01 Å². The van der Waals surface area contributed by atoms with Crippen LogP contribution in [0.25, 0.3) is 0 Å². The lowest BCUT2D eigenvalue weighted by Crippen LogP contribution is -2.48. The Bertz CT molecular complexity index is 594. The van der Waals surface area contributed by atoms with Crippen molar-refractivity contribution in [2.75, 3.05) is 32.8 Å². The fraction of sp³-hybridized carbons (Fsp3) is 0.737. The highest BCUT2D eigenvalue weighted by Crippen LogP contribution is 2.18. The van der Waals surface area contributed by atoms with Gasteiger partial charge in [0.2, 0.25) is 0 Å².